The Morgan fingerprint density at radius 2 is 1.86 bits per heavy atom. The molecule has 120 valence electrons. The molecule has 2 amide bonds. The quantitative estimate of drug-likeness (QED) is 0.715. The van der Waals surface area contributed by atoms with Crippen molar-refractivity contribution in [3.63, 3.8) is 0 Å². The van der Waals surface area contributed by atoms with Gasteiger partial charge in [-0.3, -0.25) is 9.59 Å². The molecule has 0 aromatic rings. The molecule has 6 heteroatoms. The molecule has 2 aliphatic heterocycles. The Labute approximate surface area is 132 Å². The van der Waals surface area contributed by atoms with E-state index in [-0.39, 0.29) is 36.3 Å². The van der Waals surface area contributed by atoms with E-state index in [1.165, 1.54) is 25.7 Å². The number of halogens is 1. The molecule has 4 atom stereocenters. The molecule has 5 nitrogen and oxygen atoms in total. The maximum atomic E-state index is 12.4. The largest absolute Gasteiger partial charge is 0.354 e. The Morgan fingerprint density at radius 3 is 2.67 bits per heavy atom. The smallest absolute Gasteiger partial charge is 0.242 e. The van der Waals surface area contributed by atoms with Gasteiger partial charge in [0.15, 0.2) is 0 Å². The average molecular weight is 316 g/mol. The highest BCUT2D eigenvalue weighted by Gasteiger charge is 2.39. The van der Waals surface area contributed by atoms with Gasteiger partial charge in [-0.15, -0.1) is 12.4 Å². The van der Waals surface area contributed by atoms with Gasteiger partial charge in [-0.25, -0.2) is 0 Å². The topological polar surface area (TPSA) is 70.2 Å². The molecular formula is C15H26ClN3O2. The zero-order valence-corrected chi connectivity index (χ0v) is 13.2. The van der Waals surface area contributed by atoms with Gasteiger partial charge in [-0.05, 0) is 44.4 Å². The van der Waals surface area contributed by atoms with E-state index in [9.17, 15) is 9.59 Å². The first kappa shape index (κ1) is 16.6. The number of hydrogen-bond donors (Lipinski definition) is 3. The zero-order valence-electron chi connectivity index (χ0n) is 12.4. The summed E-state index contributed by atoms with van der Waals surface area (Å²) in [6, 6.07) is 0.0797. The van der Waals surface area contributed by atoms with E-state index in [1.807, 2.05) is 0 Å². The van der Waals surface area contributed by atoms with E-state index in [1.54, 1.807) is 0 Å². The highest BCUT2D eigenvalue weighted by atomic mass is 35.5. The summed E-state index contributed by atoms with van der Waals surface area (Å²) in [6.45, 7) is 0.733. The fourth-order valence-corrected chi connectivity index (χ4v) is 3.87. The van der Waals surface area contributed by atoms with Crippen molar-refractivity contribution in [3.8, 4) is 0 Å². The summed E-state index contributed by atoms with van der Waals surface area (Å²) in [5, 5.41) is 9.28. The van der Waals surface area contributed by atoms with E-state index in [2.05, 4.69) is 16.0 Å². The lowest BCUT2D eigenvalue weighted by Gasteiger charge is -2.24. The monoisotopic (exact) mass is 315 g/mol. The van der Waals surface area contributed by atoms with Crippen LogP contribution < -0.4 is 16.0 Å². The van der Waals surface area contributed by atoms with Gasteiger partial charge in [-0.2, -0.15) is 0 Å². The summed E-state index contributed by atoms with van der Waals surface area (Å²) in [4.78, 5) is 24.2. The van der Waals surface area contributed by atoms with E-state index in [4.69, 9.17) is 0 Å². The molecule has 0 bridgehead atoms. The van der Waals surface area contributed by atoms with Crippen LogP contribution in [0.15, 0.2) is 0 Å². The maximum Gasteiger partial charge on any atom is 0.242 e. The molecule has 21 heavy (non-hydrogen) atoms. The SMILES string of the molecule is Cl.O=C1NCCCCC1NC(=O)C1CC2CCCCC2N1. The molecule has 0 spiro atoms. The number of carbonyl (C=O) groups excluding carboxylic acids is 2. The van der Waals surface area contributed by atoms with Crippen LogP contribution in [0.2, 0.25) is 0 Å². The van der Waals surface area contributed by atoms with Crippen molar-refractivity contribution >= 4 is 24.2 Å². The van der Waals surface area contributed by atoms with Crippen LogP contribution in [0.5, 0.6) is 0 Å². The lowest BCUT2D eigenvalue weighted by molar-refractivity contribution is -0.129. The van der Waals surface area contributed by atoms with E-state index in [0.717, 1.165) is 32.2 Å². The number of rotatable bonds is 2. The minimum Gasteiger partial charge on any atom is -0.354 e. The summed E-state index contributed by atoms with van der Waals surface area (Å²) >= 11 is 0. The van der Waals surface area contributed by atoms with Crippen molar-refractivity contribution in [1.29, 1.82) is 0 Å². The van der Waals surface area contributed by atoms with Crippen molar-refractivity contribution in [2.45, 2.75) is 69.5 Å². The van der Waals surface area contributed by atoms with E-state index < -0.39 is 0 Å². The van der Waals surface area contributed by atoms with Crippen molar-refractivity contribution < 1.29 is 9.59 Å². The van der Waals surface area contributed by atoms with Crippen molar-refractivity contribution in [2.24, 2.45) is 5.92 Å². The fourth-order valence-electron chi connectivity index (χ4n) is 3.87. The van der Waals surface area contributed by atoms with Gasteiger partial charge in [0, 0.05) is 12.6 Å². The molecule has 3 aliphatic rings. The molecule has 4 unspecified atom stereocenters. The van der Waals surface area contributed by atoms with Gasteiger partial charge in [-0.1, -0.05) is 12.8 Å². The molecule has 2 heterocycles. The van der Waals surface area contributed by atoms with Gasteiger partial charge in [0.25, 0.3) is 0 Å². The maximum absolute atomic E-state index is 12.4. The number of hydrogen-bond acceptors (Lipinski definition) is 3. The average Bonchev–Trinajstić information content (AvgIpc) is 2.79. The summed E-state index contributed by atoms with van der Waals surface area (Å²) in [6.07, 6.45) is 8.69. The van der Waals surface area contributed by atoms with Crippen LogP contribution in [0.25, 0.3) is 0 Å². The van der Waals surface area contributed by atoms with Gasteiger partial charge in [0.05, 0.1) is 6.04 Å². The highest BCUT2D eigenvalue weighted by molar-refractivity contribution is 5.90. The van der Waals surface area contributed by atoms with Crippen LogP contribution in [0.3, 0.4) is 0 Å². The predicted molar refractivity (Wildman–Crippen MR) is 83.3 cm³/mol. The molecule has 0 aromatic heterocycles. The second-order valence-electron chi connectivity index (χ2n) is 6.45. The van der Waals surface area contributed by atoms with Crippen molar-refractivity contribution in [1.82, 2.24) is 16.0 Å². The number of carbonyl (C=O) groups is 2. The second-order valence-corrected chi connectivity index (χ2v) is 6.45. The minimum absolute atomic E-state index is 0. The number of amides is 2. The van der Waals surface area contributed by atoms with Gasteiger partial charge in [0.1, 0.15) is 6.04 Å². The normalized spacial score (nSPS) is 35.9. The lowest BCUT2D eigenvalue weighted by atomic mass is 9.85. The van der Waals surface area contributed by atoms with Crippen molar-refractivity contribution in [3.05, 3.63) is 0 Å². The highest BCUT2D eigenvalue weighted by Crippen LogP contribution is 2.33. The summed E-state index contributed by atoms with van der Waals surface area (Å²) in [5.74, 6) is 0.648. The third kappa shape index (κ3) is 3.89. The van der Waals surface area contributed by atoms with Crippen molar-refractivity contribution in [2.75, 3.05) is 6.54 Å². The molecule has 1 aliphatic carbocycles. The van der Waals surface area contributed by atoms with Crippen LogP contribution in [-0.2, 0) is 9.59 Å². The molecular weight excluding hydrogens is 290 g/mol. The molecule has 0 aromatic carbocycles. The molecule has 0 radical (unpaired) electrons. The fraction of sp³-hybridized carbons (Fsp3) is 0.867. The Balaban J connectivity index is 0.00000161. The minimum atomic E-state index is -0.338. The van der Waals surface area contributed by atoms with Gasteiger partial charge < -0.3 is 16.0 Å². The summed E-state index contributed by atoms with van der Waals surface area (Å²) in [7, 11) is 0. The standard InChI is InChI=1S/C15H25N3O2.ClH/c19-14-12(7-3-4-8-16-14)18-15(20)13-9-10-5-1-2-6-11(10)17-13;/h10-13,17H,1-9H2,(H,16,19)(H,18,20);1H. The van der Waals surface area contributed by atoms with Crippen LogP contribution in [-0.4, -0.2) is 36.5 Å². The first-order valence-corrected chi connectivity index (χ1v) is 8.08. The van der Waals surface area contributed by atoms with Crippen LogP contribution in [0.1, 0.15) is 51.4 Å². The Hall–Kier alpha value is -0.810. The van der Waals surface area contributed by atoms with Crippen LogP contribution in [0, 0.1) is 5.92 Å². The van der Waals surface area contributed by atoms with Crippen LogP contribution >= 0.6 is 12.4 Å². The first-order valence-electron chi connectivity index (χ1n) is 8.08. The third-order valence-electron chi connectivity index (χ3n) is 5.03. The zero-order chi connectivity index (χ0) is 13.9. The Bertz CT molecular complexity index is 377. The Morgan fingerprint density at radius 1 is 1.10 bits per heavy atom. The third-order valence-corrected chi connectivity index (χ3v) is 5.03. The number of nitrogens with one attached hydrogen (secondary N) is 3. The lowest BCUT2D eigenvalue weighted by Crippen LogP contribution is -2.51. The summed E-state index contributed by atoms with van der Waals surface area (Å²) < 4.78 is 0. The second kappa shape index (κ2) is 7.45. The molecule has 2 saturated heterocycles. The molecule has 3 fully saturated rings. The van der Waals surface area contributed by atoms with Gasteiger partial charge in [0.2, 0.25) is 11.8 Å². The number of fused-ring (bicyclic) bond motifs is 1. The Kier molecular flexibility index (Phi) is 5.88. The first-order chi connectivity index (χ1) is 9.74. The predicted octanol–water partition coefficient (Wildman–Crippen LogP) is 1.11. The molecule has 1 saturated carbocycles. The molecule has 3 rings (SSSR count). The van der Waals surface area contributed by atoms with E-state index in [0.29, 0.717) is 12.0 Å². The van der Waals surface area contributed by atoms with Gasteiger partial charge >= 0.3 is 0 Å². The van der Waals surface area contributed by atoms with Crippen LogP contribution in [0.4, 0.5) is 0 Å². The summed E-state index contributed by atoms with van der Waals surface area (Å²) in [5.41, 5.74) is 0. The van der Waals surface area contributed by atoms with E-state index >= 15 is 0 Å². The molecule has 3 N–H and O–H groups in total.